The van der Waals surface area contributed by atoms with Crippen molar-refractivity contribution >= 4 is 5.91 Å². The maximum atomic E-state index is 12.2. The van der Waals surface area contributed by atoms with Crippen LogP contribution >= 0.6 is 0 Å². The lowest BCUT2D eigenvalue weighted by Crippen LogP contribution is -2.44. The van der Waals surface area contributed by atoms with Crippen molar-refractivity contribution in [1.29, 1.82) is 0 Å². The molecule has 2 bridgehead atoms. The van der Waals surface area contributed by atoms with Gasteiger partial charge in [0, 0.05) is 25.7 Å². The van der Waals surface area contributed by atoms with Crippen molar-refractivity contribution in [3.63, 3.8) is 0 Å². The molecule has 0 aliphatic carbocycles. The van der Waals surface area contributed by atoms with Crippen LogP contribution in [0, 0.1) is 12.8 Å². The molecule has 2 saturated heterocycles. The fourth-order valence-corrected chi connectivity index (χ4v) is 2.67. The van der Waals surface area contributed by atoms with E-state index in [2.05, 4.69) is 10.5 Å². The number of amides is 1. The van der Waals surface area contributed by atoms with Gasteiger partial charge in [-0.05, 0) is 19.3 Å². The van der Waals surface area contributed by atoms with Crippen LogP contribution in [0.25, 0.3) is 0 Å². The Morgan fingerprint density at radius 1 is 1.62 bits per heavy atom. The standard InChI is InChI=1S/C11H15N3O2/c1-7-10(6-16-13-7)11(15)14-4-8-2-9(5-14)12-3-8/h6,8-9,12H,2-5H2,1H3/t8-,9-/m1/s1. The van der Waals surface area contributed by atoms with E-state index in [0.717, 1.165) is 19.6 Å². The highest BCUT2D eigenvalue weighted by Crippen LogP contribution is 2.23. The lowest BCUT2D eigenvalue weighted by molar-refractivity contribution is 0.0690. The molecule has 16 heavy (non-hydrogen) atoms. The second-order valence-electron chi connectivity index (χ2n) is 4.73. The number of carbonyl (C=O) groups excluding carboxylic acids is 1. The number of hydrogen-bond acceptors (Lipinski definition) is 4. The maximum absolute atomic E-state index is 12.2. The summed E-state index contributed by atoms with van der Waals surface area (Å²) in [6, 6.07) is 0.475. The summed E-state index contributed by atoms with van der Waals surface area (Å²) in [5, 5.41) is 7.18. The van der Waals surface area contributed by atoms with Crippen molar-refractivity contribution in [3.05, 3.63) is 17.5 Å². The van der Waals surface area contributed by atoms with Gasteiger partial charge in [0.2, 0.25) is 0 Å². The normalized spacial score (nSPS) is 28.4. The van der Waals surface area contributed by atoms with E-state index in [9.17, 15) is 4.79 Å². The van der Waals surface area contributed by atoms with Crippen LogP contribution < -0.4 is 5.32 Å². The zero-order valence-electron chi connectivity index (χ0n) is 9.27. The first-order valence-electron chi connectivity index (χ1n) is 5.67. The molecule has 2 atom stereocenters. The summed E-state index contributed by atoms with van der Waals surface area (Å²) >= 11 is 0. The second-order valence-corrected chi connectivity index (χ2v) is 4.73. The summed E-state index contributed by atoms with van der Waals surface area (Å²) < 4.78 is 4.81. The molecule has 1 amide bonds. The smallest absolute Gasteiger partial charge is 0.259 e. The van der Waals surface area contributed by atoms with E-state index in [0.29, 0.717) is 23.2 Å². The number of likely N-dealkylation sites (tertiary alicyclic amines) is 1. The van der Waals surface area contributed by atoms with Gasteiger partial charge in [0.15, 0.2) is 0 Å². The predicted octanol–water partition coefficient (Wildman–Crippen LogP) is 0.417. The van der Waals surface area contributed by atoms with Crippen molar-refractivity contribution in [3.8, 4) is 0 Å². The monoisotopic (exact) mass is 221 g/mol. The van der Waals surface area contributed by atoms with Crippen LogP contribution in [0.5, 0.6) is 0 Å². The molecule has 1 N–H and O–H groups in total. The number of hydrogen-bond donors (Lipinski definition) is 1. The Balaban J connectivity index is 1.79. The molecule has 3 rings (SSSR count). The van der Waals surface area contributed by atoms with Crippen LogP contribution in [0.15, 0.2) is 10.8 Å². The number of rotatable bonds is 1. The summed E-state index contributed by atoms with van der Waals surface area (Å²) in [7, 11) is 0. The molecule has 0 radical (unpaired) electrons. The quantitative estimate of drug-likeness (QED) is 0.746. The molecule has 0 spiro atoms. The largest absolute Gasteiger partial charge is 0.364 e. The van der Waals surface area contributed by atoms with Crippen LogP contribution in [-0.4, -0.2) is 41.6 Å². The molecule has 2 fully saturated rings. The number of piperidine rings is 1. The van der Waals surface area contributed by atoms with Crippen LogP contribution in [-0.2, 0) is 0 Å². The van der Waals surface area contributed by atoms with Gasteiger partial charge in [0.1, 0.15) is 11.8 Å². The molecule has 1 aromatic rings. The van der Waals surface area contributed by atoms with Crippen LogP contribution in [0.2, 0.25) is 0 Å². The van der Waals surface area contributed by atoms with E-state index in [4.69, 9.17) is 4.52 Å². The molecule has 2 aliphatic heterocycles. The van der Waals surface area contributed by atoms with Crippen LogP contribution in [0.3, 0.4) is 0 Å². The number of fused-ring (bicyclic) bond motifs is 2. The topological polar surface area (TPSA) is 58.4 Å². The SMILES string of the molecule is Cc1nocc1C(=O)N1C[C@H]2CN[C@H](C2)C1. The number of aromatic nitrogens is 1. The highest BCUT2D eigenvalue weighted by molar-refractivity contribution is 5.94. The van der Waals surface area contributed by atoms with E-state index < -0.39 is 0 Å². The molecule has 0 aromatic carbocycles. The Morgan fingerprint density at radius 2 is 2.50 bits per heavy atom. The van der Waals surface area contributed by atoms with Gasteiger partial charge in [-0.3, -0.25) is 4.79 Å². The van der Waals surface area contributed by atoms with Gasteiger partial charge in [0.25, 0.3) is 5.91 Å². The minimum atomic E-state index is 0.0529. The minimum Gasteiger partial charge on any atom is -0.364 e. The Morgan fingerprint density at radius 3 is 3.19 bits per heavy atom. The van der Waals surface area contributed by atoms with Crippen molar-refractivity contribution in [2.75, 3.05) is 19.6 Å². The van der Waals surface area contributed by atoms with Gasteiger partial charge >= 0.3 is 0 Å². The first-order valence-corrected chi connectivity index (χ1v) is 5.67. The summed E-state index contributed by atoms with van der Waals surface area (Å²) in [6.45, 7) is 4.50. The summed E-state index contributed by atoms with van der Waals surface area (Å²) in [5.41, 5.74) is 1.28. The van der Waals surface area contributed by atoms with Crippen LogP contribution in [0.4, 0.5) is 0 Å². The van der Waals surface area contributed by atoms with E-state index in [-0.39, 0.29) is 5.91 Å². The lowest BCUT2D eigenvalue weighted by Gasteiger charge is -2.30. The highest BCUT2D eigenvalue weighted by atomic mass is 16.5. The van der Waals surface area contributed by atoms with Gasteiger partial charge in [0.05, 0.1) is 5.69 Å². The molecule has 0 unspecified atom stereocenters. The average molecular weight is 221 g/mol. The van der Waals surface area contributed by atoms with E-state index in [1.165, 1.54) is 12.7 Å². The van der Waals surface area contributed by atoms with E-state index in [1.807, 2.05) is 4.90 Å². The van der Waals surface area contributed by atoms with E-state index in [1.54, 1.807) is 6.92 Å². The van der Waals surface area contributed by atoms with Gasteiger partial charge in [-0.1, -0.05) is 5.16 Å². The molecule has 86 valence electrons. The van der Waals surface area contributed by atoms with Crippen molar-refractivity contribution in [1.82, 2.24) is 15.4 Å². The average Bonchev–Trinajstić information content (AvgIpc) is 2.84. The highest BCUT2D eigenvalue weighted by Gasteiger charge is 2.35. The van der Waals surface area contributed by atoms with Crippen LogP contribution in [0.1, 0.15) is 22.5 Å². The first-order chi connectivity index (χ1) is 7.74. The van der Waals surface area contributed by atoms with Gasteiger partial charge in [-0.25, -0.2) is 0 Å². The fourth-order valence-electron chi connectivity index (χ4n) is 2.67. The summed E-state index contributed by atoms with van der Waals surface area (Å²) in [4.78, 5) is 14.1. The third-order valence-electron chi connectivity index (χ3n) is 3.50. The Hall–Kier alpha value is -1.36. The zero-order chi connectivity index (χ0) is 11.1. The van der Waals surface area contributed by atoms with Crippen molar-refractivity contribution in [2.24, 2.45) is 5.92 Å². The minimum absolute atomic E-state index is 0.0529. The molecule has 1 aromatic heterocycles. The third-order valence-corrected chi connectivity index (χ3v) is 3.50. The number of aryl methyl sites for hydroxylation is 1. The molecule has 5 nitrogen and oxygen atoms in total. The fraction of sp³-hybridized carbons (Fsp3) is 0.636. The first kappa shape index (κ1) is 9.84. The van der Waals surface area contributed by atoms with Gasteiger partial charge in [-0.2, -0.15) is 0 Å². The number of nitrogens with zero attached hydrogens (tertiary/aromatic N) is 2. The zero-order valence-corrected chi connectivity index (χ0v) is 9.27. The Bertz CT molecular complexity index is 403. The third kappa shape index (κ3) is 1.51. The Labute approximate surface area is 93.8 Å². The van der Waals surface area contributed by atoms with Gasteiger partial charge < -0.3 is 14.7 Å². The van der Waals surface area contributed by atoms with Gasteiger partial charge in [-0.15, -0.1) is 0 Å². The second kappa shape index (κ2) is 3.59. The lowest BCUT2D eigenvalue weighted by atomic mass is 9.99. The van der Waals surface area contributed by atoms with Crippen molar-refractivity contribution < 1.29 is 9.32 Å². The summed E-state index contributed by atoms with van der Waals surface area (Å²) in [6.07, 6.45) is 2.65. The number of nitrogens with one attached hydrogen (secondary N) is 1. The molecular weight excluding hydrogens is 206 g/mol. The molecule has 3 heterocycles. The predicted molar refractivity (Wildman–Crippen MR) is 57.0 cm³/mol. The van der Waals surface area contributed by atoms with Crippen molar-refractivity contribution in [2.45, 2.75) is 19.4 Å². The number of carbonyl (C=O) groups is 1. The molecule has 0 saturated carbocycles. The maximum Gasteiger partial charge on any atom is 0.259 e. The molecule has 5 heteroatoms. The van der Waals surface area contributed by atoms with E-state index >= 15 is 0 Å². The Kier molecular flexibility index (Phi) is 2.21. The molecule has 2 aliphatic rings. The summed E-state index contributed by atoms with van der Waals surface area (Å²) in [5.74, 6) is 0.667. The molecular formula is C11H15N3O2.